The number of halogens is 2. The molecule has 0 aliphatic carbocycles. The van der Waals surface area contributed by atoms with Crippen molar-refractivity contribution in [2.45, 2.75) is 0 Å². The number of hydrogen-bond acceptors (Lipinski definition) is 3. The molecule has 4 nitrogen and oxygen atoms in total. The highest BCUT2D eigenvalue weighted by Crippen LogP contribution is 2.26. The van der Waals surface area contributed by atoms with Crippen LogP contribution in [0.3, 0.4) is 0 Å². The number of nitrogens with zero attached hydrogens (tertiary/aromatic N) is 4. The molecule has 3 aromatic heterocycles. The molecule has 0 aliphatic heterocycles. The molecule has 0 radical (unpaired) electrons. The van der Waals surface area contributed by atoms with Crippen molar-refractivity contribution >= 4 is 28.8 Å². The molecule has 0 fully saturated rings. The third-order valence-corrected chi connectivity index (χ3v) is 2.84. The minimum absolute atomic E-state index is 0.176. The summed E-state index contributed by atoms with van der Waals surface area (Å²) < 4.78 is 1.89. The Balaban J connectivity index is 2.22. The smallest absolute Gasteiger partial charge is 0.222 e. The highest BCUT2D eigenvalue weighted by molar-refractivity contribution is 6.33. The molecule has 0 aromatic carbocycles. The van der Waals surface area contributed by atoms with Gasteiger partial charge in [-0.05, 0) is 23.7 Å². The summed E-state index contributed by atoms with van der Waals surface area (Å²) in [5.74, 6) is 0. The van der Waals surface area contributed by atoms with Gasteiger partial charge < -0.3 is 4.40 Å². The lowest BCUT2D eigenvalue weighted by atomic mass is 10.2. The van der Waals surface area contributed by atoms with E-state index in [-0.39, 0.29) is 5.28 Å². The largest absolute Gasteiger partial charge is 0.306 e. The van der Waals surface area contributed by atoms with E-state index in [0.29, 0.717) is 10.7 Å². The quantitative estimate of drug-likeness (QED) is 0.635. The second-order valence-electron chi connectivity index (χ2n) is 3.45. The van der Waals surface area contributed by atoms with Crippen LogP contribution < -0.4 is 0 Å². The molecule has 0 spiro atoms. The molecule has 3 heterocycles. The van der Waals surface area contributed by atoms with Gasteiger partial charge in [-0.1, -0.05) is 11.6 Å². The van der Waals surface area contributed by atoms with Crippen LogP contribution in [0.5, 0.6) is 0 Å². The van der Waals surface area contributed by atoms with Crippen LogP contribution in [0.15, 0.2) is 36.9 Å². The van der Waals surface area contributed by atoms with E-state index < -0.39 is 0 Å². The number of hydrogen-bond donors (Lipinski definition) is 0. The van der Waals surface area contributed by atoms with Gasteiger partial charge >= 0.3 is 0 Å². The first-order valence-electron chi connectivity index (χ1n) is 4.85. The van der Waals surface area contributed by atoms with Crippen molar-refractivity contribution in [2.75, 3.05) is 0 Å². The van der Waals surface area contributed by atoms with Crippen molar-refractivity contribution in [3.63, 3.8) is 0 Å². The molecule has 0 bridgehead atoms. The fourth-order valence-corrected chi connectivity index (χ4v) is 1.94. The lowest BCUT2D eigenvalue weighted by molar-refractivity contribution is 1.15. The van der Waals surface area contributed by atoms with Crippen LogP contribution in [-0.4, -0.2) is 19.4 Å². The van der Waals surface area contributed by atoms with Crippen LogP contribution >= 0.6 is 23.2 Å². The Kier molecular flexibility index (Phi) is 2.46. The maximum absolute atomic E-state index is 6.05. The molecule has 0 aliphatic rings. The van der Waals surface area contributed by atoms with Crippen molar-refractivity contribution in [3.8, 4) is 11.3 Å². The minimum atomic E-state index is 0.176. The van der Waals surface area contributed by atoms with Gasteiger partial charge in [-0.15, -0.1) is 0 Å². The van der Waals surface area contributed by atoms with Gasteiger partial charge in [0.2, 0.25) is 5.28 Å². The van der Waals surface area contributed by atoms with Gasteiger partial charge in [0.15, 0.2) is 0 Å². The second-order valence-corrected chi connectivity index (χ2v) is 4.19. The Hall–Kier alpha value is -1.65. The molecule has 6 heteroatoms. The van der Waals surface area contributed by atoms with Crippen LogP contribution in [-0.2, 0) is 0 Å². The summed E-state index contributed by atoms with van der Waals surface area (Å²) in [7, 11) is 0. The average Bonchev–Trinajstić information content (AvgIpc) is 2.79. The minimum Gasteiger partial charge on any atom is -0.306 e. The zero-order valence-corrected chi connectivity index (χ0v) is 10.0. The maximum Gasteiger partial charge on any atom is 0.222 e. The normalized spacial score (nSPS) is 10.9. The zero-order chi connectivity index (χ0) is 11.8. The monoisotopic (exact) mass is 264 g/mol. The van der Waals surface area contributed by atoms with Gasteiger partial charge in [-0.2, -0.15) is 0 Å². The van der Waals surface area contributed by atoms with E-state index >= 15 is 0 Å². The molecule has 0 unspecified atom stereocenters. The third kappa shape index (κ3) is 1.85. The molecule has 84 valence electrons. The van der Waals surface area contributed by atoms with E-state index in [4.69, 9.17) is 23.2 Å². The van der Waals surface area contributed by atoms with E-state index in [2.05, 4.69) is 15.0 Å². The van der Waals surface area contributed by atoms with Crippen molar-refractivity contribution in [2.24, 2.45) is 0 Å². The molecule has 0 N–H and O–H groups in total. The van der Waals surface area contributed by atoms with Gasteiger partial charge in [0, 0.05) is 24.2 Å². The Labute approximate surface area is 107 Å². The Morgan fingerprint density at radius 3 is 2.88 bits per heavy atom. The summed E-state index contributed by atoms with van der Waals surface area (Å²) >= 11 is 11.8. The fraction of sp³-hybridized carbons (Fsp3) is 0. The van der Waals surface area contributed by atoms with Crippen molar-refractivity contribution in [3.05, 3.63) is 47.2 Å². The maximum atomic E-state index is 6.05. The Bertz CT molecular complexity index is 693. The van der Waals surface area contributed by atoms with Crippen LogP contribution in [0.4, 0.5) is 0 Å². The predicted molar refractivity (Wildman–Crippen MR) is 66.2 cm³/mol. The summed E-state index contributed by atoms with van der Waals surface area (Å²) in [5, 5.41) is 0.643. The number of rotatable bonds is 1. The van der Waals surface area contributed by atoms with Crippen LogP contribution in [0.25, 0.3) is 16.9 Å². The number of fused-ring (bicyclic) bond motifs is 1. The van der Waals surface area contributed by atoms with Crippen LogP contribution in [0.2, 0.25) is 10.3 Å². The first kappa shape index (κ1) is 10.5. The lowest BCUT2D eigenvalue weighted by Crippen LogP contribution is -1.91. The summed E-state index contributed by atoms with van der Waals surface area (Å²) in [6.07, 6.45) is 6.97. The first-order chi connectivity index (χ1) is 8.24. The summed E-state index contributed by atoms with van der Waals surface area (Å²) in [6, 6.07) is 3.79. The highest BCUT2D eigenvalue weighted by atomic mass is 35.5. The lowest BCUT2D eigenvalue weighted by Gasteiger charge is -2.04. The number of imidazole rings is 1. The van der Waals surface area contributed by atoms with Crippen molar-refractivity contribution in [1.82, 2.24) is 19.4 Å². The molecular formula is C11H6Cl2N4. The zero-order valence-electron chi connectivity index (χ0n) is 8.51. The van der Waals surface area contributed by atoms with Crippen LogP contribution in [0, 0.1) is 0 Å². The SMILES string of the molecule is Clc1ncc(Cl)c(-c2ccc3nccn3c2)n1. The molecule has 0 saturated heterocycles. The van der Waals surface area contributed by atoms with Crippen molar-refractivity contribution in [1.29, 1.82) is 0 Å². The van der Waals surface area contributed by atoms with Gasteiger partial charge in [-0.3, -0.25) is 0 Å². The summed E-state index contributed by atoms with van der Waals surface area (Å²) in [4.78, 5) is 12.1. The first-order valence-corrected chi connectivity index (χ1v) is 5.61. The third-order valence-electron chi connectivity index (χ3n) is 2.38. The van der Waals surface area contributed by atoms with E-state index in [1.807, 2.05) is 28.9 Å². The van der Waals surface area contributed by atoms with Crippen molar-refractivity contribution < 1.29 is 0 Å². The molecule has 17 heavy (non-hydrogen) atoms. The molecule has 0 atom stereocenters. The highest BCUT2D eigenvalue weighted by Gasteiger charge is 2.08. The van der Waals surface area contributed by atoms with E-state index in [9.17, 15) is 0 Å². The van der Waals surface area contributed by atoms with E-state index in [1.54, 1.807) is 6.20 Å². The standard InChI is InChI=1S/C11H6Cl2N4/c12-8-5-15-11(13)16-10(8)7-1-2-9-14-3-4-17(9)6-7/h1-6H. The van der Waals surface area contributed by atoms with Gasteiger partial charge in [0.05, 0.1) is 16.9 Å². The van der Waals surface area contributed by atoms with E-state index in [1.165, 1.54) is 6.20 Å². The molecular weight excluding hydrogens is 259 g/mol. The molecule has 0 saturated carbocycles. The average molecular weight is 265 g/mol. The van der Waals surface area contributed by atoms with E-state index in [0.717, 1.165) is 11.2 Å². The second kappa shape index (κ2) is 3.98. The summed E-state index contributed by atoms with van der Waals surface area (Å²) in [5.41, 5.74) is 2.34. The van der Waals surface area contributed by atoms with Gasteiger partial charge in [0.25, 0.3) is 0 Å². The number of aromatic nitrogens is 4. The predicted octanol–water partition coefficient (Wildman–Crippen LogP) is 3.10. The molecule has 3 rings (SSSR count). The van der Waals surface area contributed by atoms with Gasteiger partial charge in [0.1, 0.15) is 5.65 Å². The topological polar surface area (TPSA) is 43.1 Å². The molecule has 3 aromatic rings. The molecule has 0 amide bonds. The Morgan fingerprint density at radius 2 is 2.00 bits per heavy atom. The summed E-state index contributed by atoms with van der Waals surface area (Å²) in [6.45, 7) is 0. The van der Waals surface area contributed by atoms with Crippen LogP contribution in [0.1, 0.15) is 0 Å². The van der Waals surface area contributed by atoms with Gasteiger partial charge in [-0.25, -0.2) is 15.0 Å². The fourth-order valence-electron chi connectivity index (χ4n) is 1.61. The number of pyridine rings is 1. The Morgan fingerprint density at radius 1 is 1.12 bits per heavy atom.